The van der Waals surface area contributed by atoms with Crippen LogP contribution in [0.2, 0.25) is 0 Å². The number of rotatable bonds is 3. The van der Waals surface area contributed by atoms with E-state index < -0.39 is 0 Å². The molecule has 1 atom stereocenters. The third-order valence-corrected chi connectivity index (χ3v) is 3.68. The van der Waals surface area contributed by atoms with E-state index in [4.69, 9.17) is 0 Å². The molecule has 1 aliphatic rings. The number of anilines is 1. The molecule has 0 bridgehead atoms. The molecule has 1 saturated heterocycles. The number of nitrogens with one attached hydrogen (secondary N) is 1. The molecule has 1 aliphatic heterocycles. The predicted molar refractivity (Wildman–Crippen MR) is 75.0 cm³/mol. The van der Waals surface area contributed by atoms with Gasteiger partial charge in [-0.3, -0.25) is 0 Å². The normalized spacial score (nSPS) is 20.2. The van der Waals surface area contributed by atoms with E-state index in [1.807, 2.05) is 0 Å². The van der Waals surface area contributed by atoms with Crippen LogP contribution in [0.25, 0.3) is 11.0 Å². The summed E-state index contributed by atoms with van der Waals surface area (Å²) in [6.07, 6.45) is 3.05. The molecule has 0 radical (unpaired) electrons. The van der Waals surface area contributed by atoms with Crippen molar-refractivity contribution in [2.24, 2.45) is 5.92 Å². The van der Waals surface area contributed by atoms with E-state index in [1.54, 1.807) is 6.33 Å². The van der Waals surface area contributed by atoms with Crippen molar-refractivity contribution < 1.29 is 0 Å². The molecule has 2 aromatic rings. The topological polar surface area (TPSA) is 35.2 Å². The van der Waals surface area contributed by atoms with Crippen molar-refractivity contribution in [2.75, 3.05) is 38.6 Å². The van der Waals surface area contributed by atoms with Crippen LogP contribution in [0, 0.1) is 5.92 Å². The zero-order chi connectivity index (χ0) is 12.5. The Labute approximate surface area is 108 Å². The number of aromatic amines is 1. The fraction of sp³-hybridized carbons (Fsp3) is 0.500. The lowest BCUT2D eigenvalue weighted by molar-refractivity contribution is 0.340. The first kappa shape index (κ1) is 11.5. The number of hydrogen-bond acceptors (Lipinski definition) is 3. The van der Waals surface area contributed by atoms with Gasteiger partial charge >= 0.3 is 0 Å². The molecule has 96 valence electrons. The quantitative estimate of drug-likeness (QED) is 0.896. The average Bonchev–Trinajstić information content (AvgIpc) is 2.95. The van der Waals surface area contributed by atoms with Crippen molar-refractivity contribution in [1.82, 2.24) is 14.9 Å². The van der Waals surface area contributed by atoms with Gasteiger partial charge in [-0.2, -0.15) is 0 Å². The molecule has 3 rings (SSSR count). The average molecular weight is 244 g/mol. The molecule has 0 amide bonds. The minimum absolute atomic E-state index is 0.789. The first-order chi connectivity index (χ1) is 8.72. The monoisotopic (exact) mass is 244 g/mol. The van der Waals surface area contributed by atoms with E-state index in [-0.39, 0.29) is 0 Å². The lowest BCUT2D eigenvalue weighted by Gasteiger charge is -2.20. The number of aromatic nitrogens is 2. The number of H-pyrrole nitrogens is 1. The molecule has 4 heteroatoms. The van der Waals surface area contributed by atoms with Gasteiger partial charge in [0.2, 0.25) is 0 Å². The van der Waals surface area contributed by atoms with Gasteiger partial charge in [-0.25, -0.2) is 4.98 Å². The summed E-state index contributed by atoms with van der Waals surface area (Å²) in [7, 11) is 4.30. The molecule has 0 spiro atoms. The lowest BCUT2D eigenvalue weighted by Crippen LogP contribution is -2.25. The van der Waals surface area contributed by atoms with Crippen molar-refractivity contribution in [3.63, 3.8) is 0 Å². The van der Waals surface area contributed by atoms with Crippen molar-refractivity contribution in [3.8, 4) is 0 Å². The molecular formula is C14H20N4. The second-order valence-electron chi connectivity index (χ2n) is 5.47. The molecule has 1 aromatic carbocycles. The molecule has 4 nitrogen and oxygen atoms in total. The van der Waals surface area contributed by atoms with Gasteiger partial charge in [-0.05, 0) is 44.6 Å². The fourth-order valence-corrected chi connectivity index (χ4v) is 2.85. The molecule has 1 unspecified atom stereocenters. The molecular weight excluding hydrogens is 224 g/mol. The van der Waals surface area contributed by atoms with Crippen LogP contribution in [0.15, 0.2) is 24.5 Å². The fourth-order valence-electron chi connectivity index (χ4n) is 2.85. The van der Waals surface area contributed by atoms with Crippen molar-refractivity contribution in [3.05, 3.63) is 24.5 Å². The Morgan fingerprint density at radius 1 is 1.44 bits per heavy atom. The van der Waals surface area contributed by atoms with E-state index in [0.29, 0.717) is 0 Å². The molecule has 2 heterocycles. The van der Waals surface area contributed by atoms with Crippen LogP contribution in [0.3, 0.4) is 0 Å². The molecule has 1 fully saturated rings. The van der Waals surface area contributed by atoms with Crippen LogP contribution < -0.4 is 4.90 Å². The molecule has 18 heavy (non-hydrogen) atoms. The van der Waals surface area contributed by atoms with Crippen LogP contribution in [-0.4, -0.2) is 48.6 Å². The van der Waals surface area contributed by atoms with Gasteiger partial charge in [0.05, 0.1) is 17.4 Å². The van der Waals surface area contributed by atoms with E-state index >= 15 is 0 Å². The smallest absolute Gasteiger partial charge is 0.0931 e. The maximum absolute atomic E-state index is 4.26. The number of hydrogen-bond donors (Lipinski definition) is 1. The Morgan fingerprint density at radius 2 is 2.33 bits per heavy atom. The van der Waals surface area contributed by atoms with Gasteiger partial charge in [0.25, 0.3) is 0 Å². The highest BCUT2D eigenvalue weighted by Crippen LogP contribution is 2.26. The number of imidazole rings is 1. The zero-order valence-electron chi connectivity index (χ0n) is 11.1. The van der Waals surface area contributed by atoms with Gasteiger partial charge in [0.15, 0.2) is 0 Å². The summed E-state index contributed by atoms with van der Waals surface area (Å²) in [4.78, 5) is 12.2. The molecule has 0 aliphatic carbocycles. The van der Waals surface area contributed by atoms with Crippen molar-refractivity contribution >= 4 is 16.7 Å². The third-order valence-electron chi connectivity index (χ3n) is 3.68. The van der Waals surface area contributed by atoms with Crippen molar-refractivity contribution in [2.45, 2.75) is 6.42 Å². The SMILES string of the molecule is CN(C)CC1CCN(c2ccc3nc[nH]c3c2)C1. The number of nitrogens with zero attached hydrogens (tertiary/aromatic N) is 3. The summed E-state index contributed by atoms with van der Waals surface area (Å²) < 4.78 is 0. The molecule has 1 N–H and O–H groups in total. The summed E-state index contributed by atoms with van der Waals surface area (Å²) in [6.45, 7) is 3.51. The van der Waals surface area contributed by atoms with Crippen LogP contribution >= 0.6 is 0 Å². The number of fused-ring (bicyclic) bond motifs is 1. The van der Waals surface area contributed by atoms with Gasteiger partial charge in [-0.1, -0.05) is 0 Å². The maximum Gasteiger partial charge on any atom is 0.0931 e. The second-order valence-corrected chi connectivity index (χ2v) is 5.47. The minimum atomic E-state index is 0.789. The molecule has 0 saturated carbocycles. The number of benzene rings is 1. The maximum atomic E-state index is 4.26. The van der Waals surface area contributed by atoms with Gasteiger partial charge in [0.1, 0.15) is 0 Å². The van der Waals surface area contributed by atoms with Crippen molar-refractivity contribution in [1.29, 1.82) is 0 Å². The lowest BCUT2D eigenvalue weighted by atomic mass is 10.1. The predicted octanol–water partition coefficient (Wildman–Crippen LogP) is 1.95. The Kier molecular flexibility index (Phi) is 2.96. The summed E-state index contributed by atoms with van der Waals surface area (Å²) in [6, 6.07) is 6.49. The summed E-state index contributed by atoms with van der Waals surface area (Å²) in [5.74, 6) is 0.789. The summed E-state index contributed by atoms with van der Waals surface area (Å²) in [5.41, 5.74) is 3.49. The highest BCUT2D eigenvalue weighted by atomic mass is 15.2. The third kappa shape index (κ3) is 2.20. The van der Waals surface area contributed by atoms with Gasteiger partial charge < -0.3 is 14.8 Å². The first-order valence-corrected chi connectivity index (χ1v) is 6.55. The summed E-state index contributed by atoms with van der Waals surface area (Å²) >= 11 is 0. The zero-order valence-corrected chi connectivity index (χ0v) is 11.1. The summed E-state index contributed by atoms with van der Waals surface area (Å²) in [5, 5.41) is 0. The highest BCUT2D eigenvalue weighted by Gasteiger charge is 2.23. The largest absolute Gasteiger partial charge is 0.371 e. The Balaban J connectivity index is 1.75. The van der Waals surface area contributed by atoms with E-state index in [2.05, 4.69) is 52.1 Å². The minimum Gasteiger partial charge on any atom is -0.371 e. The van der Waals surface area contributed by atoms with Crippen LogP contribution in [0.4, 0.5) is 5.69 Å². The Bertz CT molecular complexity index is 531. The molecule has 1 aromatic heterocycles. The van der Waals surface area contributed by atoms with Crippen LogP contribution in [-0.2, 0) is 0 Å². The van der Waals surface area contributed by atoms with Gasteiger partial charge in [-0.15, -0.1) is 0 Å². The van der Waals surface area contributed by atoms with E-state index in [1.165, 1.54) is 18.7 Å². The van der Waals surface area contributed by atoms with E-state index in [0.717, 1.165) is 30.0 Å². The van der Waals surface area contributed by atoms with Gasteiger partial charge in [0, 0.05) is 25.3 Å². The Hall–Kier alpha value is -1.55. The highest BCUT2D eigenvalue weighted by molar-refractivity contribution is 5.79. The van der Waals surface area contributed by atoms with Crippen LogP contribution in [0.5, 0.6) is 0 Å². The van der Waals surface area contributed by atoms with E-state index in [9.17, 15) is 0 Å². The second kappa shape index (κ2) is 4.61. The van der Waals surface area contributed by atoms with Crippen LogP contribution in [0.1, 0.15) is 6.42 Å². The first-order valence-electron chi connectivity index (χ1n) is 6.55. The standard InChI is InChI=1S/C14H20N4/c1-17(2)8-11-5-6-18(9-11)12-3-4-13-14(7-12)16-10-15-13/h3-4,7,10-11H,5-6,8-9H2,1-2H3,(H,15,16). The Morgan fingerprint density at radius 3 is 3.17 bits per heavy atom.